The second-order valence-electron chi connectivity index (χ2n) is 4.95. The maximum atomic E-state index is 11.5. The number of hydrogen-bond donors (Lipinski definition) is 1. The van der Waals surface area contributed by atoms with Crippen LogP contribution in [-0.4, -0.2) is 31.1 Å². The summed E-state index contributed by atoms with van der Waals surface area (Å²) < 4.78 is 0. The zero-order valence-electron chi connectivity index (χ0n) is 11.6. The van der Waals surface area contributed by atoms with E-state index in [9.17, 15) is 9.90 Å². The number of carboxylic acid groups (broad SMARTS) is 1. The molecule has 1 N–H and O–H groups in total. The maximum absolute atomic E-state index is 11.5. The molecule has 0 atom stereocenters. The number of rotatable bonds is 2. The van der Waals surface area contributed by atoms with Gasteiger partial charge in [-0.05, 0) is 30.3 Å². The Morgan fingerprint density at radius 2 is 1.78 bits per heavy atom. The number of nitrogens with zero attached hydrogens (tertiary/aromatic N) is 4. The molecule has 2 aromatic carbocycles. The lowest BCUT2D eigenvalue weighted by Crippen LogP contribution is -2.00. The molecule has 7 heteroatoms. The Balaban J connectivity index is 2.09. The summed E-state index contributed by atoms with van der Waals surface area (Å²) in [6, 6.07) is 14.2. The highest BCUT2D eigenvalue weighted by Crippen LogP contribution is 2.27. The molecule has 2 heterocycles. The van der Waals surface area contributed by atoms with Crippen LogP contribution in [0.4, 0.5) is 0 Å². The summed E-state index contributed by atoms with van der Waals surface area (Å²) in [5, 5.41) is 18.9. The smallest absolute Gasteiger partial charge is 0.336 e. The highest BCUT2D eigenvalue weighted by Gasteiger charge is 2.17. The lowest BCUT2D eigenvalue weighted by atomic mass is 10.1. The second kappa shape index (κ2) is 5.03. The van der Waals surface area contributed by atoms with E-state index in [-0.39, 0.29) is 10.7 Å². The van der Waals surface area contributed by atoms with Crippen LogP contribution in [0.3, 0.4) is 0 Å². The lowest BCUT2D eigenvalue weighted by Gasteiger charge is -2.03. The minimum Gasteiger partial charge on any atom is -0.478 e. The molecule has 0 spiro atoms. The number of halogens is 1. The van der Waals surface area contributed by atoms with Crippen molar-refractivity contribution in [3.8, 4) is 5.69 Å². The number of benzene rings is 2. The van der Waals surface area contributed by atoms with Gasteiger partial charge in [0.1, 0.15) is 16.2 Å². The van der Waals surface area contributed by atoms with Crippen molar-refractivity contribution < 1.29 is 9.90 Å². The first-order valence-corrected chi connectivity index (χ1v) is 7.16. The van der Waals surface area contributed by atoms with Crippen LogP contribution in [-0.2, 0) is 0 Å². The van der Waals surface area contributed by atoms with Crippen molar-refractivity contribution in [3.05, 3.63) is 59.2 Å². The Morgan fingerprint density at radius 1 is 1.04 bits per heavy atom. The summed E-state index contributed by atoms with van der Waals surface area (Å²) in [5.74, 6) is -1.08. The molecule has 4 aromatic rings. The quantitative estimate of drug-likeness (QED) is 0.572. The van der Waals surface area contributed by atoms with Crippen molar-refractivity contribution in [1.82, 2.24) is 20.0 Å². The molecule has 23 heavy (non-hydrogen) atoms. The molecular formula is C16H9ClN4O2. The van der Waals surface area contributed by atoms with Crippen LogP contribution in [0.15, 0.2) is 48.5 Å². The topological polar surface area (TPSA) is 80.9 Å². The van der Waals surface area contributed by atoms with Gasteiger partial charge in [0.05, 0.1) is 16.8 Å². The van der Waals surface area contributed by atoms with Gasteiger partial charge in [0.25, 0.3) is 0 Å². The Labute approximate surface area is 134 Å². The molecule has 0 aliphatic rings. The van der Waals surface area contributed by atoms with Crippen molar-refractivity contribution in [2.45, 2.75) is 0 Å². The van der Waals surface area contributed by atoms with Gasteiger partial charge in [0.15, 0.2) is 0 Å². The lowest BCUT2D eigenvalue weighted by molar-refractivity contribution is 0.0699. The van der Waals surface area contributed by atoms with E-state index in [2.05, 4.69) is 15.2 Å². The molecule has 0 fully saturated rings. The number of para-hydroxylation sites is 1. The molecule has 0 amide bonds. The van der Waals surface area contributed by atoms with Crippen molar-refractivity contribution in [2.75, 3.05) is 0 Å². The number of carboxylic acids is 1. The molecule has 0 aliphatic heterocycles. The van der Waals surface area contributed by atoms with Crippen LogP contribution < -0.4 is 0 Å². The van der Waals surface area contributed by atoms with Gasteiger partial charge in [-0.15, -0.1) is 10.2 Å². The van der Waals surface area contributed by atoms with Gasteiger partial charge >= 0.3 is 5.97 Å². The number of carbonyl (C=O) groups is 1. The summed E-state index contributed by atoms with van der Waals surface area (Å²) >= 11 is 5.90. The van der Waals surface area contributed by atoms with Gasteiger partial charge < -0.3 is 5.11 Å². The van der Waals surface area contributed by atoms with E-state index in [1.165, 1.54) is 10.9 Å². The second-order valence-corrected chi connectivity index (χ2v) is 5.34. The van der Waals surface area contributed by atoms with Crippen LogP contribution in [0.25, 0.3) is 27.6 Å². The average Bonchev–Trinajstić information content (AvgIpc) is 2.99. The van der Waals surface area contributed by atoms with E-state index in [0.29, 0.717) is 21.9 Å². The zero-order chi connectivity index (χ0) is 16.0. The molecule has 0 saturated carbocycles. The normalized spacial score (nSPS) is 11.2. The third kappa shape index (κ3) is 2.20. The van der Waals surface area contributed by atoms with Crippen LogP contribution in [0.5, 0.6) is 0 Å². The summed E-state index contributed by atoms with van der Waals surface area (Å²) in [4.78, 5) is 17.2. The number of pyridine rings is 1. The highest BCUT2D eigenvalue weighted by molar-refractivity contribution is 6.30. The molecule has 0 unspecified atom stereocenters. The fourth-order valence-electron chi connectivity index (χ4n) is 2.51. The van der Waals surface area contributed by atoms with E-state index in [1.54, 1.807) is 12.1 Å². The first-order valence-electron chi connectivity index (χ1n) is 6.78. The molecule has 112 valence electrons. The van der Waals surface area contributed by atoms with Crippen molar-refractivity contribution >= 4 is 39.5 Å². The van der Waals surface area contributed by atoms with Crippen molar-refractivity contribution in [3.63, 3.8) is 0 Å². The molecule has 0 saturated heterocycles. The standard InChI is InChI=1S/C16H9ClN4O2/c17-13-8-10(16(22)23)14-11(18-13)6-7-12-15(14)20-21(19-12)9-4-2-1-3-5-9/h1-8H,(H,22,23). The summed E-state index contributed by atoms with van der Waals surface area (Å²) in [6.07, 6.45) is 0. The van der Waals surface area contributed by atoms with E-state index >= 15 is 0 Å². The largest absolute Gasteiger partial charge is 0.478 e. The number of fused-ring (bicyclic) bond motifs is 3. The SMILES string of the molecule is O=C(O)c1cc(Cl)nc2ccc3nn(-c4ccccc4)nc3c12. The van der Waals surface area contributed by atoms with Crippen LogP contribution in [0.2, 0.25) is 5.15 Å². The van der Waals surface area contributed by atoms with E-state index < -0.39 is 5.97 Å². The van der Waals surface area contributed by atoms with E-state index in [4.69, 9.17) is 11.6 Å². The van der Waals surface area contributed by atoms with Gasteiger partial charge in [-0.1, -0.05) is 29.8 Å². The van der Waals surface area contributed by atoms with Crippen LogP contribution >= 0.6 is 11.6 Å². The van der Waals surface area contributed by atoms with Gasteiger partial charge in [-0.3, -0.25) is 0 Å². The first-order chi connectivity index (χ1) is 11.1. The monoisotopic (exact) mass is 324 g/mol. The Kier molecular flexibility index (Phi) is 2.99. The number of hydrogen-bond acceptors (Lipinski definition) is 4. The molecule has 2 aromatic heterocycles. The molecule has 4 rings (SSSR count). The van der Waals surface area contributed by atoms with E-state index in [1.807, 2.05) is 30.3 Å². The molecule has 0 radical (unpaired) electrons. The van der Waals surface area contributed by atoms with E-state index in [0.717, 1.165) is 5.69 Å². The van der Waals surface area contributed by atoms with Crippen LogP contribution in [0, 0.1) is 0 Å². The molecule has 0 bridgehead atoms. The van der Waals surface area contributed by atoms with Crippen molar-refractivity contribution in [2.24, 2.45) is 0 Å². The maximum Gasteiger partial charge on any atom is 0.336 e. The summed E-state index contributed by atoms with van der Waals surface area (Å²) in [6.45, 7) is 0. The number of aromatic nitrogens is 4. The fraction of sp³-hybridized carbons (Fsp3) is 0. The first kappa shape index (κ1) is 13.7. The zero-order valence-corrected chi connectivity index (χ0v) is 12.4. The summed E-state index contributed by atoms with van der Waals surface area (Å²) in [7, 11) is 0. The Hall–Kier alpha value is -2.99. The third-order valence-electron chi connectivity index (χ3n) is 3.51. The van der Waals surface area contributed by atoms with Gasteiger partial charge in [0.2, 0.25) is 0 Å². The molecular weight excluding hydrogens is 316 g/mol. The predicted molar refractivity (Wildman–Crippen MR) is 86.1 cm³/mol. The Bertz CT molecular complexity index is 1060. The minimum absolute atomic E-state index is 0.0608. The fourth-order valence-corrected chi connectivity index (χ4v) is 2.71. The van der Waals surface area contributed by atoms with Crippen molar-refractivity contribution in [1.29, 1.82) is 0 Å². The summed E-state index contributed by atoms with van der Waals surface area (Å²) in [5.41, 5.74) is 2.39. The van der Waals surface area contributed by atoms with Crippen LogP contribution in [0.1, 0.15) is 10.4 Å². The molecule has 0 aliphatic carbocycles. The minimum atomic E-state index is -1.08. The molecule has 6 nitrogen and oxygen atoms in total. The Morgan fingerprint density at radius 3 is 2.52 bits per heavy atom. The predicted octanol–water partition coefficient (Wildman–Crippen LogP) is 3.32. The highest BCUT2D eigenvalue weighted by atomic mass is 35.5. The average molecular weight is 325 g/mol. The third-order valence-corrected chi connectivity index (χ3v) is 3.70. The van der Waals surface area contributed by atoms with Gasteiger partial charge in [-0.25, -0.2) is 9.78 Å². The van der Waals surface area contributed by atoms with Gasteiger partial charge in [0, 0.05) is 5.39 Å². The number of aromatic carboxylic acids is 1. The van der Waals surface area contributed by atoms with Gasteiger partial charge in [-0.2, -0.15) is 4.80 Å².